The average molecular weight is 239 g/mol. The summed E-state index contributed by atoms with van der Waals surface area (Å²) in [5.74, 6) is -1.34. The first kappa shape index (κ1) is 11.4. The van der Waals surface area contributed by atoms with E-state index in [1.807, 2.05) is 0 Å². The van der Waals surface area contributed by atoms with Gasteiger partial charge in [0.15, 0.2) is 11.6 Å². The summed E-state index contributed by atoms with van der Waals surface area (Å²) in [5.41, 5.74) is 5.67. The zero-order chi connectivity index (χ0) is 12.6. The number of nitrogens with zero attached hydrogens (tertiary/aromatic N) is 2. The molecule has 0 fully saturated rings. The topological polar surface area (TPSA) is 53.1 Å². The van der Waals surface area contributed by atoms with E-state index in [2.05, 4.69) is 5.10 Å². The lowest BCUT2D eigenvalue weighted by Crippen LogP contribution is -2.00. The van der Waals surface area contributed by atoms with E-state index in [0.29, 0.717) is 0 Å². The summed E-state index contributed by atoms with van der Waals surface area (Å²) in [7, 11) is 2.90. The van der Waals surface area contributed by atoms with Gasteiger partial charge in [-0.2, -0.15) is 5.10 Å². The van der Waals surface area contributed by atoms with Gasteiger partial charge < -0.3 is 10.5 Å². The lowest BCUT2D eigenvalue weighted by molar-refractivity contribution is 0.385. The highest BCUT2D eigenvalue weighted by Gasteiger charge is 2.20. The normalized spacial score (nSPS) is 10.6. The van der Waals surface area contributed by atoms with E-state index < -0.39 is 11.6 Å². The molecule has 17 heavy (non-hydrogen) atoms. The highest BCUT2D eigenvalue weighted by molar-refractivity contribution is 5.75. The number of benzene rings is 1. The predicted octanol–water partition coefficient (Wildman–Crippen LogP) is 1.96. The number of aromatic nitrogens is 2. The van der Waals surface area contributed by atoms with Crippen molar-refractivity contribution < 1.29 is 13.5 Å². The Bertz CT molecular complexity index is 566. The van der Waals surface area contributed by atoms with E-state index in [-0.39, 0.29) is 22.7 Å². The highest BCUT2D eigenvalue weighted by atomic mass is 19.1. The molecule has 0 aliphatic rings. The minimum absolute atomic E-state index is 0.0374. The van der Waals surface area contributed by atoms with Gasteiger partial charge in [-0.05, 0) is 12.1 Å². The Morgan fingerprint density at radius 3 is 2.59 bits per heavy atom. The van der Waals surface area contributed by atoms with Gasteiger partial charge in [-0.15, -0.1) is 0 Å². The lowest BCUT2D eigenvalue weighted by Gasteiger charge is -2.08. The molecular weight excluding hydrogens is 228 g/mol. The fourth-order valence-corrected chi connectivity index (χ4v) is 1.58. The summed E-state index contributed by atoms with van der Waals surface area (Å²) >= 11 is 0. The van der Waals surface area contributed by atoms with Crippen LogP contribution in [0.5, 0.6) is 5.75 Å². The maximum atomic E-state index is 14.0. The van der Waals surface area contributed by atoms with Gasteiger partial charge in [0.1, 0.15) is 11.6 Å². The number of ether oxygens (including phenoxy) is 1. The molecule has 0 unspecified atom stereocenters. The van der Waals surface area contributed by atoms with Crippen LogP contribution in [0, 0.1) is 11.6 Å². The summed E-state index contributed by atoms with van der Waals surface area (Å²) in [5, 5.41) is 3.85. The molecule has 2 rings (SSSR count). The monoisotopic (exact) mass is 239 g/mol. The quantitative estimate of drug-likeness (QED) is 0.871. The summed E-state index contributed by atoms with van der Waals surface area (Å²) in [4.78, 5) is 0. The molecule has 0 saturated carbocycles. The average Bonchev–Trinajstić information content (AvgIpc) is 2.62. The predicted molar refractivity (Wildman–Crippen MR) is 59.5 cm³/mol. The summed E-state index contributed by atoms with van der Waals surface area (Å²) in [6.07, 6.45) is 1.32. The molecule has 2 N–H and O–H groups in total. The fraction of sp³-hybridized carbons (Fsp3) is 0.182. The van der Waals surface area contributed by atoms with Crippen LogP contribution in [0.3, 0.4) is 0 Å². The molecule has 0 aliphatic carbocycles. The van der Waals surface area contributed by atoms with Crippen molar-refractivity contribution in [2.24, 2.45) is 7.05 Å². The maximum absolute atomic E-state index is 14.0. The second kappa shape index (κ2) is 4.04. The lowest BCUT2D eigenvalue weighted by atomic mass is 10.1. The maximum Gasteiger partial charge on any atom is 0.175 e. The summed E-state index contributed by atoms with van der Waals surface area (Å²) < 4.78 is 33.7. The molecule has 1 heterocycles. The van der Waals surface area contributed by atoms with Crippen LogP contribution in [-0.4, -0.2) is 16.9 Å². The number of nitrogens with two attached hydrogens (primary N) is 1. The molecule has 0 radical (unpaired) electrons. The van der Waals surface area contributed by atoms with E-state index in [4.69, 9.17) is 10.5 Å². The van der Waals surface area contributed by atoms with Crippen LogP contribution in [-0.2, 0) is 7.05 Å². The Labute approximate surface area is 96.6 Å². The van der Waals surface area contributed by atoms with Crippen molar-refractivity contribution in [3.05, 3.63) is 30.0 Å². The molecule has 2 aromatic rings. The molecular formula is C11H11F2N3O. The van der Waals surface area contributed by atoms with Crippen LogP contribution in [0.4, 0.5) is 14.6 Å². The number of halogens is 2. The van der Waals surface area contributed by atoms with Crippen molar-refractivity contribution >= 4 is 5.82 Å². The summed E-state index contributed by atoms with van der Waals surface area (Å²) in [6, 6.07) is 2.35. The van der Waals surface area contributed by atoms with E-state index in [0.717, 1.165) is 6.07 Å². The standard InChI is InChI=1S/C11H11F2N3O/c1-16-11(14)6(5-15-16)9-7(12)3-4-8(17-2)10(9)13/h3-5H,14H2,1-2H3. The number of aryl methyl sites for hydroxylation is 1. The summed E-state index contributed by atoms with van der Waals surface area (Å²) in [6.45, 7) is 0. The highest BCUT2D eigenvalue weighted by Crippen LogP contribution is 2.34. The van der Waals surface area contributed by atoms with Gasteiger partial charge in [-0.25, -0.2) is 8.78 Å². The third kappa shape index (κ3) is 1.71. The van der Waals surface area contributed by atoms with E-state index in [1.165, 1.54) is 24.1 Å². The van der Waals surface area contributed by atoms with Crippen LogP contribution in [0.2, 0.25) is 0 Å². The molecule has 1 aromatic carbocycles. The molecule has 4 nitrogen and oxygen atoms in total. The first-order valence-corrected chi connectivity index (χ1v) is 4.86. The minimum Gasteiger partial charge on any atom is -0.494 e. The van der Waals surface area contributed by atoms with E-state index in [9.17, 15) is 8.78 Å². The SMILES string of the molecule is COc1ccc(F)c(-c2cnn(C)c2N)c1F. The Morgan fingerprint density at radius 2 is 2.06 bits per heavy atom. The smallest absolute Gasteiger partial charge is 0.175 e. The number of nitrogen functional groups attached to an aromatic ring is 1. The largest absolute Gasteiger partial charge is 0.494 e. The van der Waals surface area contributed by atoms with Crippen molar-refractivity contribution in [3.8, 4) is 16.9 Å². The van der Waals surface area contributed by atoms with Crippen molar-refractivity contribution in [2.75, 3.05) is 12.8 Å². The number of rotatable bonds is 2. The zero-order valence-electron chi connectivity index (χ0n) is 9.37. The molecule has 6 heteroatoms. The van der Waals surface area contributed by atoms with Gasteiger partial charge in [0.05, 0.1) is 18.9 Å². The molecule has 0 aliphatic heterocycles. The molecule has 1 aromatic heterocycles. The van der Waals surface area contributed by atoms with Crippen LogP contribution in [0.25, 0.3) is 11.1 Å². The van der Waals surface area contributed by atoms with Gasteiger partial charge in [0, 0.05) is 12.6 Å². The third-order valence-corrected chi connectivity index (χ3v) is 2.53. The van der Waals surface area contributed by atoms with Gasteiger partial charge >= 0.3 is 0 Å². The van der Waals surface area contributed by atoms with Crippen LogP contribution in [0.15, 0.2) is 18.3 Å². The second-order valence-electron chi connectivity index (χ2n) is 3.51. The first-order valence-electron chi connectivity index (χ1n) is 4.86. The molecule has 0 atom stereocenters. The fourth-order valence-electron chi connectivity index (χ4n) is 1.58. The Morgan fingerprint density at radius 1 is 1.35 bits per heavy atom. The van der Waals surface area contributed by atoms with E-state index in [1.54, 1.807) is 7.05 Å². The van der Waals surface area contributed by atoms with Crippen LogP contribution in [0.1, 0.15) is 0 Å². The number of anilines is 1. The Balaban J connectivity index is 2.70. The van der Waals surface area contributed by atoms with Gasteiger partial charge in [0.25, 0.3) is 0 Å². The van der Waals surface area contributed by atoms with Crippen molar-refractivity contribution in [1.82, 2.24) is 9.78 Å². The Hall–Kier alpha value is -2.11. The van der Waals surface area contributed by atoms with Crippen molar-refractivity contribution in [3.63, 3.8) is 0 Å². The Kier molecular flexibility index (Phi) is 2.71. The van der Waals surface area contributed by atoms with Gasteiger partial charge in [0.2, 0.25) is 0 Å². The second-order valence-corrected chi connectivity index (χ2v) is 3.51. The van der Waals surface area contributed by atoms with Crippen LogP contribution >= 0.6 is 0 Å². The van der Waals surface area contributed by atoms with E-state index >= 15 is 0 Å². The zero-order valence-corrected chi connectivity index (χ0v) is 9.37. The molecule has 0 spiro atoms. The molecule has 0 amide bonds. The van der Waals surface area contributed by atoms with Crippen molar-refractivity contribution in [1.29, 1.82) is 0 Å². The number of hydrogen-bond acceptors (Lipinski definition) is 3. The third-order valence-electron chi connectivity index (χ3n) is 2.53. The van der Waals surface area contributed by atoms with Crippen molar-refractivity contribution in [2.45, 2.75) is 0 Å². The minimum atomic E-state index is -0.785. The first-order chi connectivity index (χ1) is 8.06. The van der Waals surface area contributed by atoms with Gasteiger partial charge in [-0.1, -0.05) is 0 Å². The van der Waals surface area contributed by atoms with Gasteiger partial charge in [-0.3, -0.25) is 4.68 Å². The molecule has 0 saturated heterocycles. The van der Waals surface area contributed by atoms with Crippen LogP contribution < -0.4 is 10.5 Å². The molecule has 90 valence electrons. The number of hydrogen-bond donors (Lipinski definition) is 1. The number of methoxy groups -OCH3 is 1. The molecule has 0 bridgehead atoms.